The zero-order valence-corrected chi connectivity index (χ0v) is 15.0. The summed E-state index contributed by atoms with van der Waals surface area (Å²) in [6, 6.07) is 4.90. The Hall–Kier alpha value is 0.0500. The number of thiophene rings is 1. The maximum atomic E-state index is 11.8. The van der Waals surface area contributed by atoms with E-state index in [0.29, 0.717) is 25.2 Å². The molecule has 0 aliphatic carbocycles. The van der Waals surface area contributed by atoms with Gasteiger partial charge in [0.1, 0.15) is 0 Å². The topological polar surface area (TPSA) is 49.4 Å². The van der Waals surface area contributed by atoms with E-state index in [1.807, 2.05) is 0 Å². The molecule has 1 atom stereocenters. The molecule has 114 valence electrons. The van der Waals surface area contributed by atoms with Crippen molar-refractivity contribution in [2.75, 3.05) is 18.8 Å². The van der Waals surface area contributed by atoms with Gasteiger partial charge in [-0.2, -0.15) is 0 Å². The van der Waals surface area contributed by atoms with Gasteiger partial charge in [0.05, 0.1) is 9.54 Å². The molecule has 1 aromatic rings. The molecule has 20 heavy (non-hydrogen) atoms. The SMILES string of the molecule is CCS(=O)(=O)N1CCC(NC(C)c2ccc(Br)s2)CC1. The van der Waals surface area contributed by atoms with Crippen molar-refractivity contribution in [3.8, 4) is 0 Å². The van der Waals surface area contributed by atoms with Crippen molar-refractivity contribution in [3.63, 3.8) is 0 Å². The molecule has 1 fully saturated rings. The molecule has 2 heterocycles. The molecule has 0 saturated carbocycles. The zero-order valence-electron chi connectivity index (χ0n) is 11.8. The average molecular weight is 381 g/mol. The van der Waals surface area contributed by atoms with Gasteiger partial charge in [-0.1, -0.05) is 0 Å². The molecular weight excluding hydrogens is 360 g/mol. The fraction of sp³-hybridized carbons (Fsp3) is 0.692. The van der Waals surface area contributed by atoms with Gasteiger partial charge in [-0.05, 0) is 54.8 Å². The van der Waals surface area contributed by atoms with Crippen LogP contribution in [-0.4, -0.2) is 37.6 Å². The van der Waals surface area contributed by atoms with Crippen LogP contribution in [0.4, 0.5) is 0 Å². The minimum absolute atomic E-state index is 0.199. The summed E-state index contributed by atoms with van der Waals surface area (Å²) in [6.45, 7) is 5.13. The van der Waals surface area contributed by atoms with Crippen LogP contribution in [0.1, 0.15) is 37.6 Å². The van der Waals surface area contributed by atoms with Crippen LogP contribution < -0.4 is 5.32 Å². The van der Waals surface area contributed by atoms with Crippen molar-refractivity contribution in [1.29, 1.82) is 0 Å². The molecule has 1 aliphatic heterocycles. The quantitative estimate of drug-likeness (QED) is 0.853. The van der Waals surface area contributed by atoms with Gasteiger partial charge in [-0.25, -0.2) is 12.7 Å². The lowest BCUT2D eigenvalue weighted by Gasteiger charge is -2.32. The summed E-state index contributed by atoms with van der Waals surface area (Å²) in [5, 5.41) is 3.61. The van der Waals surface area contributed by atoms with Crippen molar-refractivity contribution in [3.05, 3.63) is 20.8 Å². The summed E-state index contributed by atoms with van der Waals surface area (Å²) in [6.07, 6.45) is 1.77. The first kappa shape index (κ1) is 16.4. The predicted molar refractivity (Wildman–Crippen MR) is 87.6 cm³/mol. The summed E-state index contributed by atoms with van der Waals surface area (Å²) in [4.78, 5) is 1.31. The van der Waals surface area contributed by atoms with Gasteiger partial charge in [-0.15, -0.1) is 11.3 Å². The standard InChI is InChI=1S/C13H21BrN2O2S2/c1-3-20(17,18)16-8-6-11(7-9-16)15-10(2)12-4-5-13(14)19-12/h4-5,10-11,15H,3,6-9H2,1-2H3. The zero-order chi connectivity index (χ0) is 14.8. The summed E-state index contributed by atoms with van der Waals surface area (Å²) in [5.74, 6) is 0.199. The third kappa shape index (κ3) is 4.04. The predicted octanol–water partition coefficient (Wildman–Crippen LogP) is 2.98. The van der Waals surface area contributed by atoms with E-state index in [4.69, 9.17) is 0 Å². The molecule has 1 unspecified atom stereocenters. The molecule has 1 aromatic heterocycles. The smallest absolute Gasteiger partial charge is 0.213 e. The van der Waals surface area contributed by atoms with Crippen LogP contribution in [0.15, 0.2) is 15.9 Å². The highest BCUT2D eigenvalue weighted by Crippen LogP contribution is 2.28. The normalized spacial score (nSPS) is 20.1. The van der Waals surface area contributed by atoms with Gasteiger partial charge in [0.15, 0.2) is 0 Å². The molecule has 0 radical (unpaired) electrons. The largest absolute Gasteiger partial charge is 0.307 e. The third-order valence-electron chi connectivity index (χ3n) is 3.72. The molecule has 0 spiro atoms. The summed E-state index contributed by atoms with van der Waals surface area (Å²) in [5.41, 5.74) is 0. The Bertz CT molecular complexity index is 536. The second kappa shape index (κ2) is 6.87. The van der Waals surface area contributed by atoms with Crippen molar-refractivity contribution in [1.82, 2.24) is 9.62 Å². The Morgan fingerprint density at radius 3 is 2.60 bits per heavy atom. The lowest BCUT2D eigenvalue weighted by atomic mass is 10.1. The van der Waals surface area contributed by atoms with E-state index >= 15 is 0 Å². The molecule has 1 saturated heterocycles. The van der Waals surface area contributed by atoms with Gasteiger partial charge >= 0.3 is 0 Å². The lowest BCUT2D eigenvalue weighted by Crippen LogP contribution is -2.45. The summed E-state index contributed by atoms with van der Waals surface area (Å²) < 4.78 is 26.4. The van der Waals surface area contributed by atoms with Crippen LogP contribution >= 0.6 is 27.3 Å². The van der Waals surface area contributed by atoms with E-state index < -0.39 is 10.0 Å². The third-order valence-corrected chi connectivity index (χ3v) is 7.41. The van der Waals surface area contributed by atoms with Crippen molar-refractivity contribution in [2.45, 2.75) is 38.8 Å². The number of hydrogen-bond acceptors (Lipinski definition) is 4. The number of hydrogen-bond donors (Lipinski definition) is 1. The molecule has 1 aliphatic rings. The monoisotopic (exact) mass is 380 g/mol. The van der Waals surface area contributed by atoms with Crippen LogP contribution in [0.3, 0.4) is 0 Å². The Morgan fingerprint density at radius 2 is 2.10 bits per heavy atom. The van der Waals surface area contributed by atoms with Gasteiger partial charge < -0.3 is 5.32 Å². The summed E-state index contributed by atoms with van der Waals surface area (Å²) >= 11 is 5.22. The van der Waals surface area contributed by atoms with E-state index in [1.54, 1.807) is 22.6 Å². The van der Waals surface area contributed by atoms with E-state index in [2.05, 4.69) is 40.3 Å². The molecule has 0 amide bonds. The number of piperidine rings is 1. The number of nitrogens with zero attached hydrogens (tertiary/aromatic N) is 1. The fourth-order valence-corrected chi connectivity index (χ4v) is 5.05. The number of halogens is 1. The van der Waals surface area contributed by atoms with Crippen molar-refractivity contribution < 1.29 is 8.42 Å². The molecule has 2 rings (SSSR count). The highest BCUT2D eigenvalue weighted by molar-refractivity contribution is 9.11. The minimum atomic E-state index is -3.02. The first-order valence-corrected chi connectivity index (χ1v) is 10.1. The molecule has 7 heteroatoms. The van der Waals surface area contributed by atoms with Gasteiger partial charge in [0.2, 0.25) is 10.0 Å². The Balaban J connectivity index is 1.86. The second-order valence-corrected chi connectivity index (χ2v) is 9.86. The first-order chi connectivity index (χ1) is 9.42. The highest BCUT2D eigenvalue weighted by Gasteiger charge is 2.27. The highest BCUT2D eigenvalue weighted by atomic mass is 79.9. The van der Waals surface area contributed by atoms with Crippen LogP contribution in [-0.2, 0) is 10.0 Å². The van der Waals surface area contributed by atoms with E-state index in [1.165, 1.54) is 4.88 Å². The van der Waals surface area contributed by atoms with Gasteiger partial charge in [0.25, 0.3) is 0 Å². The van der Waals surface area contributed by atoms with Crippen LogP contribution in [0.25, 0.3) is 0 Å². The van der Waals surface area contributed by atoms with Crippen molar-refractivity contribution >= 4 is 37.3 Å². The van der Waals surface area contributed by atoms with Crippen molar-refractivity contribution in [2.24, 2.45) is 0 Å². The molecule has 1 N–H and O–H groups in total. The Morgan fingerprint density at radius 1 is 1.45 bits per heavy atom. The lowest BCUT2D eigenvalue weighted by molar-refractivity contribution is 0.278. The fourth-order valence-electron chi connectivity index (χ4n) is 2.48. The Kier molecular flexibility index (Phi) is 5.64. The van der Waals surface area contributed by atoms with Crippen LogP contribution in [0, 0.1) is 0 Å². The molecular formula is C13H21BrN2O2S2. The van der Waals surface area contributed by atoms with Gasteiger partial charge in [-0.3, -0.25) is 0 Å². The van der Waals surface area contributed by atoms with E-state index in [0.717, 1.165) is 16.6 Å². The maximum absolute atomic E-state index is 11.8. The number of sulfonamides is 1. The number of nitrogens with one attached hydrogen (secondary N) is 1. The average Bonchev–Trinajstić information content (AvgIpc) is 2.86. The second-order valence-electron chi connectivity index (χ2n) is 5.10. The molecule has 0 aromatic carbocycles. The maximum Gasteiger partial charge on any atom is 0.213 e. The minimum Gasteiger partial charge on any atom is -0.307 e. The van der Waals surface area contributed by atoms with E-state index in [9.17, 15) is 8.42 Å². The van der Waals surface area contributed by atoms with Crippen LogP contribution in [0.5, 0.6) is 0 Å². The van der Waals surface area contributed by atoms with Crippen LogP contribution in [0.2, 0.25) is 0 Å². The number of rotatable bonds is 5. The molecule has 4 nitrogen and oxygen atoms in total. The summed E-state index contributed by atoms with van der Waals surface area (Å²) in [7, 11) is -3.02. The Labute approximate surface area is 133 Å². The molecule has 0 bridgehead atoms. The van der Waals surface area contributed by atoms with Gasteiger partial charge in [0, 0.05) is 30.1 Å². The first-order valence-electron chi connectivity index (χ1n) is 6.91. The van der Waals surface area contributed by atoms with E-state index in [-0.39, 0.29) is 5.75 Å².